The first-order valence-electron chi connectivity index (χ1n) is 8.09. The van der Waals surface area contributed by atoms with Crippen molar-refractivity contribution in [3.05, 3.63) is 93.7 Å². The fourth-order valence-corrected chi connectivity index (χ4v) is 3.51. The maximum Gasteiger partial charge on any atom is 0.0817 e. The molecule has 0 saturated carbocycles. The second-order valence-corrected chi connectivity index (χ2v) is 6.97. The molecule has 2 aromatic carbocycles. The summed E-state index contributed by atoms with van der Waals surface area (Å²) in [7, 11) is 0. The van der Waals surface area contributed by atoms with Crippen molar-refractivity contribution in [2.75, 3.05) is 0 Å². The summed E-state index contributed by atoms with van der Waals surface area (Å²) >= 11 is 1.86. The van der Waals surface area contributed by atoms with Gasteiger partial charge in [-0.2, -0.15) is 0 Å². The highest BCUT2D eigenvalue weighted by Crippen LogP contribution is 2.23. The molecule has 23 heavy (non-hydrogen) atoms. The van der Waals surface area contributed by atoms with Crippen molar-refractivity contribution in [1.29, 1.82) is 0 Å². The average molecular weight is 322 g/mol. The van der Waals surface area contributed by atoms with Crippen LogP contribution in [0.2, 0.25) is 0 Å². The maximum atomic E-state index is 6.00. The summed E-state index contributed by atoms with van der Waals surface area (Å²) < 4.78 is 6.00. The van der Waals surface area contributed by atoms with Crippen molar-refractivity contribution in [2.45, 2.75) is 32.5 Å². The maximum absolute atomic E-state index is 6.00. The Kier molecular flexibility index (Phi) is 5.62. The second kappa shape index (κ2) is 8.09. The number of aryl methyl sites for hydroxylation is 2. The summed E-state index contributed by atoms with van der Waals surface area (Å²) in [6, 6.07) is 25.5. The Hall–Kier alpha value is -1.90. The van der Waals surface area contributed by atoms with Gasteiger partial charge in [-0.05, 0) is 43.0 Å². The van der Waals surface area contributed by atoms with Gasteiger partial charge in [0.15, 0.2) is 0 Å². The molecule has 0 fully saturated rings. The van der Waals surface area contributed by atoms with Crippen LogP contribution < -0.4 is 0 Å². The molecule has 0 spiro atoms. The van der Waals surface area contributed by atoms with Crippen molar-refractivity contribution < 1.29 is 4.74 Å². The fraction of sp³-hybridized carbons (Fsp3) is 0.238. The highest BCUT2D eigenvalue weighted by atomic mass is 32.1. The fourth-order valence-electron chi connectivity index (χ4n) is 2.57. The van der Waals surface area contributed by atoms with Gasteiger partial charge in [0.05, 0.1) is 12.7 Å². The van der Waals surface area contributed by atoms with Gasteiger partial charge in [-0.25, -0.2) is 0 Å². The molecule has 2 heteroatoms. The zero-order valence-electron chi connectivity index (χ0n) is 13.4. The smallest absolute Gasteiger partial charge is 0.0817 e. The van der Waals surface area contributed by atoms with Crippen molar-refractivity contribution >= 4 is 11.3 Å². The van der Waals surface area contributed by atoms with Gasteiger partial charge in [-0.1, -0.05) is 60.7 Å². The van der Waals surface area contributed by atoms with Crippen LogP contribution in [0.1, 0.15) is 33.9 Å². The molecule has 0 aliphatic heterocycles. The lowest BCUT2D eigenvalue weighted by Gasteiger charge is -2.12. The predicted octanol–water partition coefficient (Wildman–Crippen LogP) is 5.81. The van der Waals surface area contributed by atoms with Crippen LogP contribution in [0.4, 0.5) is 0 Å². The lowest BCUT2D eigenvalue weighted by Crippen LogP contribution is -1.99. The Morgan fingerprint density at radius 3 is 2.17 bits per heavy atom. The number of thiophene rings is 1. The van der Waals surface area contributed by atoms with Crippen LogP contribution >= 0.6 is 11.3 Å². The average Bonchev–Trinajstić information content (AvgIpc) is 3.07. The third-order valence-corrected chi connectivity index (χ3v) is 5.08. The van der Waals surface area contributed by atoms with E-state index in [0.29, 0.717) is 6.61 Å². The zero-order valence-corrected chi connectivity index (χ0v) is 14.3. The number of hydrogen-bond donors (Lipinski definition) is 0. The lowest BCUT2D eigenvalue weighted by atomic mass is 10.1. The SMILES string of the molecule is CC(OCc1ccc(CCc2ccccc2)s1)c1ccccc1. The van der Waals surface area contributed by atoms with Crippen LogP contribution in [0.15, 0.2) is 72.8 Å². The van der Waals surface area contributed by atoms with E-state index in [0.717, 1.165) is 12.8 Å². The van der Waals surface area contributed by atoms with E-state index >= 15 is 0 Å². The molecular weight excluding hydrogens is 300 g/mol. The summed E-state index contributed by atoms with van der Waals surface area (Å²) in [4.78, 5) is 2.73. The minimum absolute atomic E-state index is 0.131. The van der Waals surface area contributed by atoms with Crippen molar-refractivity contribution in [2.24, 2.45) is 0 Å². The molecule has 0 bridgehead atoms. The number of hydrogen-bond acceptors (Lipinski definition) is 2. The Balaban J connectivity index is 1.49. The Bertz CT molecular complexity index is 703. The van der Waals surface area contributed by atoms with Crippen molar-refractivity contribution in [3.8, 4) is 0 Å². The first-order chi connectivity index (χ1) is 11.3. The van der Waals surface area contributed by atoms with Crippen LogP contribution in [0.5, 0.6) is 0 Å². The van der Waals surface area contributed by atoms with Gasteiger partial charge >= 0.3 is 0 Å². The van der Waals surface area contributed by atoms with Crippen LogP contribution in [0, 0.1) is 0 Å². The van der Waals surface area contributed by atoms with Gasteiger partial charge in [0.2, 0.25) is 0 Å². The molecule has 1 unspecified atom stereocenters. The van der Waals surface area contributed by atoms with Gasteiger partial charge in [0.1, 0.15) is 0 Å². The minimum atomic E-state index is 0.131. The van der Waals surface area contributed by atoms with Crippen LogP contribution in [-0.4, -0.2) is 0 Å². The summed E-state index contributed by atoms with van der Waals surface area (Å²) in [5.74, 6) is 0. The quantitative estimate of drug-likeness (QED) is 0.533. The highest BCUT2D eigenvalue weighted by molar-refractivity contribution is 7.11. The minimum Gasteiger partial charge on any atom is -0.368 e. The summed E-state index contributed by atoms with van der Waals surface area (Å²) in [5.41, 5.74) is 2.63. The van der Waals surface area contributed by atoms with E-state index in [1.807, 2.05) is 17.4 Å². The van der Waals surface area contributed by atoms with Gasteiger partial charge in [-0.3, -0.25) is 0 Å². The predicted molar refractivity (Wildman–Crippen MR) is 97.8 cm³/mol. The van der Waals surface area contributed by atoms with Crippen molar-refractivity contribution in [1.82, 2.24) is 0 Å². The third kappa shape index (κ3) is 4.78. The van der Waals surface area contributed by atoms with Crippen LogP contribution in [0.25, 0.3) is 0 Å². The van der Waals surface area contributed by atoms with Crippen molar-refractivity contribution in [3.63, 3.8) is 0 Å². The van der Waals surface area contributed by atoms with E-state index in [9.17, 15) is 0 Å². The third-order valence-electron chi connectivity index (χ3n) is 3.96. The molecule has 1 nitrogen and oxygen atoms in total. The van der Waals surface area contributed by atoms with E-state index in [1.165, 1.54) is 20.9 Å². The Labute approximate surface area is 142 Å². The van der Waals surface area contributed by atoms with Gasteiger partial charge in [0.25, 0.3) is 0 Å². The number of rotatable bonds is 7. The van der Waals surface area contributed by atoms with E-state index in [2.05, 4.69) is 73.7 Å². The molecule has 3 rings (SSSR count). The molecule has 0 amide bonds. The van der Waals surface area contributed by atoms with E-state index < -0.39 is 0 Å². The molecule has 0 N–H and O–H groups in total. The molecule has 0 aliphatic rings. The molecule has 118 valence electrons. The molecule has 0 aliphatic carbocycles. The first-order valence-corrected chi connectivity index (χ1v) is 8.91. The summed E-state index contributed by atoms with van der Waals surface area (Å²) in [6.07, 6.45) is 2.33. The molecule has 0 saturated heterocycles. The lowest BCUT2D eigenvalue weighted by molar-refractivity contribution is 0.0542. The van der Waals surface area contributed by atoms with Gasteiger partial charge in [0, 0.05) is 9.75 Å². The molecule has 1 atom stereocenters. The van der Waals surface area contributed by atoms with E-state index in [-0.39, 0.29) is 6.10 Å². The molecule has 0 radical (unpaired) electrons. The topological polar surface area (TPSA) is 9.23 Å². The van der Waals surface area contributed by atoms with Gasteiger partial charge in [-0.15, -0.1) is 11.3 Å². The number of benzene rings is 2. The largest absolute Gasteiger partial charge is 0.368 e. The summed E-state index contributed by atoms with van der Waals surface area (Å²) in [6.45, 7) is 2.80. The second-order valence-electron chi connectivity index (χ2n) is 5.72. The van der Waals surface area contributed by atoms with Crippen LogP contribution in [0.3, 0.4) is 0 Å². The normalized spacial score (nSPS) is 12.2. The van der Waals surface area contributed by atoms with E-state index in [4.69, 9.17) is 4.74 Å². The van der Waals surface area contributed by atoms with Gasteiger partial charge < -0.3 is 4.74 Å². The summed E-state index contributed by atoms with van der Waals surface area (Å²) in [5, 5.41) is 0. The first kappa shape index (κ1) is 16.0. The van der Waals surface area contributed by atoms with Crippen LogP contribution in [-0.2, 0) is 24.2 Å². The molecule has 1 heterocycles. The molecular formula is C21H22OS. The Morgan fingerprint density at radius 2 is 1.43 bits per heavy atom. The number of ether oxygens (including phenoxy) is 1. The molecule has 3 aromatic rings. The Morgan fingerprint density at radius 1 is 0.783 bits per heavy atom. The van der Waals surface area contributed by atoms with E-state index in [1.54, 1.807) is 0 Å². The molecule has 1 aromatic heterocycles. The monoisotopic (exact) mass is 322 g/mol. The standard InChI is InChI=1S/C21H22OS/c1-17(19-10-6-3-7-11-19)22-16-21-15-14-20(23-21)13-12-18-8-4-2-5-9-18/h2-11,14-15,17H,12-13,16H2,1H3. The zero-order chi connectivity index (χ0) is 15.9. The highest BCUT2D eigenvalue weighted by Gasteiger charge is 2.07.